The van der Waals surface area contributed by atoms with Crippen LogP contribution in [-0.4, -0.2) is 58.2 Å². The van der Waals surface area contributed by atoms with E-state index in [1.54, 1.807) is 0 Å². The molecule has 0 spiro atoms. The molecule has 2 saturated heterocycles. The Morgan fingerprint density at radius 1 is 0.828 bits per heavy atom. The Kier molecular flexibility index (Phi) is 15.8. The lowest BCUT2D eigenvalue weighted by molar-refractivity contribution is -0.390. The minimum Gasteiger partial charge on any atom is -0.481 e. The summed E-state index contributed by atoms with van der Waals surface area (Å²) in [6.45, 7) is 10.4. The third-order valence-corrected chi connectivity index (χ3v) is 15.1. The number of cyclic esters (lactones) is 4. The fraction of sp³-hybridized carbons (Fsp3) is 0.826. The average Bonchev–Trinajstić information content (AvgIpc) is 3.66. The van der Waals surface area contributed by atoms with Gasteiger partial charge >= 0.3 is 35.8 Å². The molecule has 11 atom stereocenters. The van der Waals surface area contributed by atoms with Crippen LogP contribution < -0.4 is 0 Å². The molecule has 0 aromatic rings. The van der Waals surface area contributed by atoms with Gasteiger partial charge in [0.2, 0.25) is 0 Å². The van der Waals surface area contributed by atoms with Gasteiger partial charge in [-0.3, -0.25) is 28.8 Å². The molecule has 12 heteroatoms. The van der Waals surface area contributed by atoms with Gasteiger partial charge in [-0.05, 0) is 113 Å². The number of allylic oxidation sites excluding steroid dienone is 2. The van der Waals surface area contributed by atoms with Gasteiger partial charge in [0.1, 0.15) is 0 Å². The molecule has 5 fully saturated rings. The number of carboxylic acids is 2. The van der Waals surface area contributed by atoms with Crippen molar-refractivity contribution in [3.63, 3.8) is 0 Å². The highest BCUT2D eigenvalue weighted by molar-refractivity contribution is 5.97. The van der Waals surface area contributed by atoms with Gasteiger partial charge in [0.25, 0.3) is 0 Å². The van der Waals surface area contributed by atoms with Crippen LogP contribution in [0.1, 0.15) is 169 Å². The molecular weight excluding hydrogens is 744 g/mol. The Morgan fingerprint density at radius 2 is 1.57 bits per heavy atom. The zero-order valence-electron chi connectivity index (χ0n) is 35.7. The molecule has 0 radical (unpaired) electrons. The lowest BCUT2D eigenvalue weighted by atomic mass is 9.37. The lowest BCUT2D eigenvalue weighted by Gasteiger charge is -2.66. The van der Waals surface area contributed by atoms with Crippen molar-refractivity contribution in [2.45, 2.75) is 182 Å². The largest absolute Gasteiger partial charge is 0.481 e. The van der Waals surface area contributed by atoms with Crippen LogP contribution in [0.3, 0.4) is 0 Å². The summed E-state index contributed by atoms with van der Waals surface area (Å²) in [5.74, 6) is -5.71. The number of esters is 4. The van der Waals surface area contributed by atoms with Gasteiger partial charge in [-0.15, -0.1) is 0 Å². The molecule has 0 bridgehead atoms. The summed E-state index contributed by atoms with van der Waals surface area (Å²) in [5.41, 5.74) is -2.13. The van der Waals surface area contributed by atoms with E-state index >= 15 is 0 Å². The predicted octanol–water partition coefficient (Wildman–Crippen LogP) is 9.17. The Bertz CT molecular complexity index is 1520. The molecule has 2 heterocycles. The number of carbonyl (C=O) groups excluding carboxylic acids is 4. The molecule has 326 valence electrons. The maximum Gasteiger partial charge on any atom is 0.318 e. The van der Waals surface area contributed by atoms with Crippen LogP contribution in [0.15, 0.2) is 12.2 Å². The van der Waals surface area contributed by atoms with Crippen LogP contribution >= 0.6 is 0 Å². The second-order valence-corrected chi connectivity index (χ2v) is 19.3. The first-order valence-electron chi connectivity index (χ1n) is 22.5. The zero-order valence-corrected chi connectivity index (χ0v) is 35.7. The monoisotopic (exact) mass is 814 g/mol. The Labute approximate surface area is 344 Å². The SMILES string of the molecule is CCCC/C=C/C(CCC(CCCCCCCC(=O)O)OOC(CC(C)C)C12CCC3C(C)(C(=O)O)CCCC3(C)C1CCC1C(=O)OC(=O)C12)C1CC(=O)OC1=O. The third-order valence-electron chi connectivity index (χ3n) is 15.1. The molecule has 5 rings (SSSR count). The first kappa shape index (κ1) is 46.0. The van der Waals surface area contributed by atoms with Crippen molar-refractivity contribution in [3.05, 3.63) is 12.2 Å². The average molecular weight is 815 g/mol. The number of ether oxygens (including phenoxy) is 2. The minimum absolute atomic E-state index is 0.0401. The van der Waals surface area contributed by atoms with Gasteiger partial charge in [0, 0.05) is 11.8 Å². The van der Waals surface area contributed by atoms with Crippen LogP contribution in [0, 0.1) is 57.7 Å². The van der Waals surface area contributed by atoms with Crippen molar-refractivity contribution in [1.29, 1.82) is 0 Å². The van der Waals surface area contributed by atoms with E-state index in [2.05, 4.69) is 33.8 Å². The normalized spacial score (nSPS) is 33.7. The first-order valence-corrected chi connectivity index (χ1v) is 22.5. The van der Waals surface area contributed by atoms with Crippen molar-refractivity contribution >= 4 is 35.8 Å². The number of rotatable bonds is 23. The number of unbranched alkanes of at least 4 members (excludes halogenated alkanes) is 6. The molecule has 0 amide bonds. The predicted molar refractivity (Wildman–Crippen MR) is 213 cm³/mol. The van der Waals surface area contributed by atoms with E-state index in [1.165, 1.54) is 0 Å². The number of hydrogen-bond donors (Lipinski definition) is 2. The highest BCUT2D eigenvalue weighted by Gasteiger charge is 2.72. The van der Waals surface area contributed by atoms with Gasteiger partial charge in [0.15, 0.2) is 0 Å². The summed E-state index contributed by atoms with van der Waals surface area (Å²) in [7, 11) is 0. The molecule has 3 aliphatic carbocycles. The fourth-order valence-electron chi connectivity index (χ4n) is 12.3. The Hall–Kier alpha value is -3.12. The van der Waals surface area contributed by atoms with E-state index in [-0.39, 0.29) is 36.5 Å². The Morgan fingerprint density at radius 3 is 2.24 bits per heavy atom. The maximum absolute atomic E-state index is 13.9. The van der Waals surface area contributed by atoms with E-state index in [0.29, 0.717) is 64.2 Å². The molecule has 0 aromatic carbocycles. The molecule has 2 aliphatic heterocycles. The van der Waals surface area contributed by atoms with Crippen molar-refractivity contribution in [2.75, 3.05) is 0 Å². The second kappa shape index (κ2) is 20.0. The van der Waals surface area contributed by atoms with E-state index in [9.17, 15) is 33.9 Å². The molecule has 3 saturated carbocycles. The number of fused-ring (bicyclic) bond motifs is 5. The van der Waals surface area contributed by atoms with E-state index in [0.717, 1.165) is 57.8 Å². The molecule has 58 heavy (non-hydrogen) atoms. The van der Waals surface area contributed by atoms with Gasteiger partial charge in [-0.1, -0.05) is 84.8 Å². The number of carboxylic acid groups (broad SMARTS) is 2. The van der Waals surface area contributed by atoms with Crippen molar-refractivity contribution in [3.8, 4) is 0 Å². The molecule has 0 aromatic heterocycles. The molecule has 11 unspecified atom stereocenters. The van der Waals surface area contributed by atoms with Crippen LogP contribution in [0.2, 0.25) is 0 Å². The van der Waals surface area contributed by atoms with Crippen LogP contribution in [0.5, 0.6) is 0 Å². The summed E-state index contributed by atoms with van der Waals surface area (Å²) >= 11 is 0. The standard InChI is InChI=1S/C46H70O12/c1-6-7-8-12-16-30(33-28-38(49)55-41(33)51)19-20-31(17-13-10-9-11-14-18-37(47)48)57-58-36(27-29(2)3)46-26-23-34-44(4,24-15-25-45(34,5)43(53)54)35(46)22-21-32-39(46)42(52)56-40(32)50/h12,16,29-36,39H,6-11,13-15,17-28H2,1-5H3,(H,47,48)(H,53,54)/b16-12+. The van der Waals surface area contributed by atoms with Gasteiger partial charge < -0.3 is 19.7 Å². The van der Waals surface area contributed by atoms with Gasteiger partial charge in [0.05, 0.1) is 41.8 Å². The highest BCUT2D eigenvalue weighted by atomic mass is 17.2. The van der Waals surface area contributed by atoms with E-state index < -0.39 is 82.0 Å². The summed E-state index contributed by atoms with van der Waals surface area (Å²) in [5, 5.41) is 19.6. The zero-order chi connectivity index (χ0) is 42.3. The quantitative estimate of drug-likeness (QED) is 0.0250. The highest BCUT2D eigenvalue weighted by Crippen LogP contribution is 2.71. The van der Waals surface area contributed by atoms with Gasteiger partial charge in [-0.2, -0.15) is 0 Å². The second-order valence-electron chi connectivity index (χ2n) is 19.3. The fourth-order valence-corrected chi connectivity index (χ4v) is 12.3. The van der Waals surface area contributed by atoms with Crippen LogP contribution in [0.4, 0.5) is 0 Å². The van der Waals surface area contributed by atoms with E-state index in [4.69, 9.17) is 24.4 Å². The molecule has 12 nitrogen and oxygen atoms in total. The lowest BCUT2D eigenvalue weighted by Crippen LogP contribution is -2.66. The number of hydrogen-bond acceptors (Lipinski definition) is 10. The minimum atomic E-state index is -0.899. The summed E-state index contributed by atoms with van der Waals surface area (Å²) in [6, 6.07) is 0. The molecule has 2 N–H and O–H groups in total. The summed E-state index contributed by atoms with van der Waals surface area (Å²) in [6.07, 6.45) is 17.1. The molecular formula is C46H70O12. The topological polar surface area (TPSA) is 180 Å². The van der Waals surface area contributed by atoms with Crippen molar-refractivity contribution < 1.29 is 58.2 Å². The smallest absolute Gasteiger partial charge is 0.318 e. The van der Waals surface area contributed by atoms with Crippen LogP contribution in [-0.2, 0) is 48.0 Å². The Balaban J connectivity index is 1.44. The number of carbonyl (C=O) groups is 6. The molecule has 5 aliphatic rings. The maximum atomic E-state index is 13.9. The van der Waals surface area contributed by atoms with E-state index in [1.807, 2.05) is 13.0 Å². The summed E-state index contributed by atoms with van der Waals surface area (Å²) < 4.78 is 10.4. The van der Waals surface area contributed by atoms with Crippen molar-refractivity contribution in [2.24, 2.45) is 57.7 Å². The first-order chi connectivity index (χ1) is 27.6. The van der Waals surface area contributed by atoms with Crippen LogP contribution in [0.25, 0.3) is 0 Å². The third kappa shape index (κ3) is 9.90. The summed E-state index contributed by atoms with van der Waals surface area (Å²) in [4.78, 5) is 89.5. The van der Waals surface area contributed by atoms with Crippen molar-refractivity contribution in [1.82, 2.24) is 0 Å². The van der Waals surface area contributed by atoms with Gasteiger partial charge in [-0.25, -0.2) is 9.78 Å². The number of aliphatic carboxylic acids is 2.